The number of para-hydroxylation sites is 1. The Morgan fingerprint density at radius 1 is 1.03 bits per heavy atom. The number of hydrogen-bond acceptors (Lipinski definition) is 7. The Balaban J connectivity index is 1.74. The molecule has 3 rings (SSSR count). The number of hydrogen-bond donors (Lipinski definition) is 2. The highest BCUT2D eigenvalue weighted by molar-refractivity contribution is 6.38. The molecule has 1 atom stereocenters. The van der Waals surface area contributed by atoms with Crippen LogP contribution in [0.4, 0.5) is 21.9 Å². The van der Waals surface area contributed by atoms with Crippen LogP contribution in [0.5, 0.6) is 0 Å². The van der Waals surface area contributed by atoms with Crippen LogP contribution in [0.3, 0.4) is 0 Å². The molecule has 0 spiro atoms. The normalized spacial score (nSPS) is 15.2. The van der Waals surface area contributed by atoms with Crippen LogP contribution in [0, 0.1) is 0 Å². The molecule has 0 bridgehead atoms. The second-order valence-electron chi connectivity index (χ2n) is 6.35. The lowest BCUT2D eigenvalue weighted by molar-refractivity contribution is -0.135. The van der Waals surface area contributed by atoms with Crippen LogP contribution in [0.2, 0.25) is 0 Å². The largest absolute Gasteiger partial charge is 0.461 e. The van der Waals surface area contributed by atoms with Gasteiger partial charge in [-0.1, -0.05) is 18.2 Å². The van der Waals surface area contributed by atoms with E-state index in [4.69, 9.17) is 4.74 Å². The van der Waals surface area contributed by atoms with Crippen LogP contribution in [0.25, 0.3) is 0 Å². The summed E-state index contributed by atoms with van der Waals surface area (Å²) in [6.07, 6.45) is -0.457. The topological polar surface area (TPSA) is 109 Å². The third-order valence-corrected chi connectivity index (χ3v) is 4.33. The zero-order valence-electron chi connectivity index (χ0n) is 16.6. The van der Waals surface area contributed by atoms with Gasteiger partial charge in [0, 0.05) is 17.8 Å². The number of anilines is 3. The molecule has 2 aromatic carbocycles. The summed E-state index contributed by atoms with van der Waals surface area (Å²) in [5.74, 6) is -0.859. The summed E-state index contributed by atoms with van der Waals surface area (Å²) in [5.41, 5.74) is 1.95. The van der Waals surface area contributed by atoms with E-state index in [0.717, 1.165) is 0 Å². The third-order valence-electron chi connectivity index (χ3n) is 4.33. The van der Waals surface area contributed by atoms with E-state index < -0.39 is 18.1 Å². The van der Waals surface area contributed by atoms with Crippen molar-refractivity contribution in [1.82, 2.24) is 0 Å². The maximum absolute atomic E-state index is 13.0. The summed E-state index contributed by atoms with van der Waals surface area (Å²) in [7, 11) is 1.27. The molecule has 0 aromatic heterocycles. The number of nitrogens with zero attached hydrogens (tertiary/aromatic N) is 2. The van der Waals surface area contributed by atoms with E-state index in [1.807, 2.05) is 30.3 Å². The average Bonchev–Trinajstić information content (AvgIpc) is 3.22. The fourth-order valence-corrected chi connectivity index (χ4v) is 2.90. The molecule has 9 nitrogen and oxygen atoms in total. The molecule has 9 heteroatoms. The molecule has 1 unspecified atom stereocenters. The third kappa shape index (κ3) is 4.93. The Hall–Kier alpha value is -3.88. The molecule has 1 heterocycles. The first kappa shape index (κ1) is 20.8. The van der Waals surface area contributed by atoms with E-state index in [0.29, 0.717) is 17.1 Å². The smallest absolute Gasteiger partial charge is 0.411 e. The number of ether oxygens (including phenoxy) is 2. The van der Waals surface area contributed by atoms with Crippen LogP contribution < -0.4 is 15.6 Å². The van der Waals surface area contributed by atoms with Gasteiger partial charge in [0.2, 0.25) is 5.91 Å². The molecule has 0 saturated heterocycles. The average molecular weight is 410 g/mol. The number of rotatable bonds is 6. The highest BCUT2D eigenvalue weighted by Crippen LogP contribution is 2.26. The van der Waals surface area contributed by atoms with Crippen molar-refractivity contribution >= 4 is 40.7 Å². The van der Waals surface area contributed by atoms with Crippen molar-refractivity contribution in [1.29, 1.82) is 0 Å². The fraction of sp³-hybridized carbons (Fsp3) is 0.238. The number of hydrazone groups is 1. The Labute approximate surface area is 173 Å². The first-order chi connectivity index (χ1) is 14.5. The quantitative estimate of drug-likeness (QED) is 0.709. The van der Waals surface area contributed by atoms with E-state index in [1.54, 1.807) is 31.2 Å². The van der Waals surface area contributed by atoms with E-state index in [1.165, 1.54) is 12.1 Å². The van der Waals surface area contributed by atoms with Gasteiger partial charge in [-0.05, 0) is 43.3 Å². The van der Waals surface area contributed by atoms with Gasteiger partial charge in [0.05, 0.1) is 19.4 Å². The number of esters is 1. The number of carbonyl (C=O) groups excluding carboxylic acids is 3. The molecule has 2 N–H and O–H groups in total. The maximum Gasteiger partial charge on any atom is 0.411 e. The van der Waals surface area contributed by atoms with E-state index in [2.05, 4.69) is 20.5 Å². The molecule has 2 amide bonds. The van der Waals surface area contributed by atoms with Gasteiger partial charge in [-0.15, -0.1) is 0 Å². The molecule has 156 valence electrons. The molecule has 0 fully saturated rings. The van der Waals surface area contributed by atoms with E-state index in [-0.39, 0.29) is 24.6 Å². The van der Waals surface area contributed by atoms with Gasteiger partial charge >= 0.3 is 12.1 Å². The van der Waals surface area contributed by atoms with Gasteiger partial charge in [-0.3, -0.25) is 15.1 Å². The second-order valence-corrected chi connectivity index (χ2v) is 6.35. The minimum Gasteiger partial charge on any atom is -0.461 e. The molecule has 30 heavy (non-hydrogen) atoms. The highest BCUT2D eigenvalue weighted by atomic mass is 16.5. The van der Waals surface area contributed by atoms with Crippen molar-refractivity contribution in [3.8, 4) is 0 Å². The van der Waals surface area contributed by atoms with E-state index in [9.17, 15) is 14.4 Å². The lowest BCUT2D eigenvalue weighted by Gasteiger charge is -2.22. The van der Waals surface area contributed by atoms with Crippen LogP contribution in [-0.4, -0.2) is 43.4 Å². The van der Waals surface area contributed by atoms with Crippen molar-refractivity contribution in [2.75, 3.05) is 29.4 Å². The van der Waals surface area contributed by atoms with Crippen LogP contribution in [0.1, 0.15) is 13.3 Å². The Kier molecular flexibility index (Phi) is 6.63. The summed E-state index contributed by atoms with van der Waals surface area (Å²) >= 11 is 0. The molecule has 0 radical (unpaired) electrons. The molecule has 1 aliphatic heterocycles. The van der Waals surface area contributed by atoms with Crippen LogP contribution in [0.15, 0.2) is 59.7 Å². The Morgan fingerprint density at radius 2 is 1.67 bits per heavy atom. The summed E-state index contributed by atoms with van der Waals surface area (Å²) in [5, 5.41) is 11.2. The molecule has 0 aliphatic carbocycles. The zero-order chi connectivity index (χ0) is 21.5. The first-order valence-corrected chi connectivity index (χ1v) is 9.36. The summed E-state index contributed by atoms with van der Waals surface area (Å²) in [6.45, 7) is 1.94. The van der Waals surface area contributed by atoms with Crippen molar-refractivity contribution in [2.45, 2.75) is 19.4 Å². The van der Waals surface area contributed by atoms with Gasteiger partial charge in [0.1, 0.15) is 11.8 Å². The lowest BCUT2D eigenvalue weighted by atomic mass is 10.1. The Bertz CT molecular complexity index is 944. The summed E-state index contributed by atoms with van der Waals surface area (Å²) < 4.78 is 9.58. The summed E-state index contributed by atoms with van der Waals surface area (Å²) in [6, 6.07) is 15.0. The Morgan fingerprint density at radius 3 is 2.27 bits per heavy atom. The predicted octanol–water partition coefficient (Wildman–Crippen LogP) is 3.00. The molecule has 0 saturated carbocycles. The van der Waals surface area contributed by atoms with Gasteiger partial charge in [-0.2, -0.15) is 5.10 Å². The SMILES string of the molecule is CCOC(=O)C1=NN(c2ccccc2)C(C(=O)Nc2ccc(NC(=O)OC)cc2)C1. The van der Waals surface area contributed by atoms with Crippen LogP contribution in [-0.2, 0) is 19.1 Å². The van der Waals surface area contributed by atoms with Crippen molar-refractivity contribution in [3.05, 3.63) is 54.6 Å². The van der Waals surface area contributed by atoms with Gasteiger partial charge in [0.25, 0.3) is 0 Å². The standard InChI is InChI=1S/C21H22N4O5/c1-3-30-20(27)17-13-18(25(24-17)16-7-5-4-6-8-16)19(26)22-14-9-11-15(12-10-14)23-21(28)29-2/h4-12,18H,3,13H2,1-2H3,(H,22,26)(H,23,28). The second kappa shape index (κ2) is 9.55. The number of nitrogens with one attached hydrogen (secondary N) is 2. The number of benzene rings is 2. The van der Waals surface area contributed by atoms with Crippen molar-refractivity contribution < 1.29 is 23.9 Å². The maximum atomic E-state index is 13.0. The van der Waals surface area contributed by atoms with Gasteiger partial charge < -0.3 is 14.8 Å². The molecule has 2 aromatic rings. The van der Waals surface area contributed by atoms with E-state index >= 15 is 0 Å². The zero-order valence-corrected chi connectivity index (χ0v) is 16.6. The minimum absolute atomic E-state index is 0.127. The molecular weight excluding hydrogens is 388 g/mol. The monoisotopic (exact) mass is 410 g/mol. The lowest BCUT2D eigenvalue weighted by Crippen LogP contribution is -2.38. The summed E-state index contributed by atoms with van der Waals surface area (Å²) in [4.78, 5) is 36.4. The fourth-order valence-electron chi connectivity index (χ4n) is 2.90. The molecular formula is C21H22N4O5. The molecule has 1 aliphatic rings. The number of amides is 2. The predicted molar refractivity (Wildman–Crippen MR) is 112 cm³/mol. The van der Waals surface area contributed by atoms with Gasteiger partial charge in [0.15, 0.2) is 0 Å². The minimum atomic E-state index is -0.709. The van der Waals surface area contributed by atoms with Gasteiger partial charge in [-0.25, -0.2) is 9.59 Å². The van der Waals surface area contributed by atoms with Crippen molar-refractivity contribution in [2.24, 2.45) is 5.10 Å². The van der Waals surface area contributed by atoms with Crippen molar-refractivity contribution in [3.63, 3.8) is 0 Å². The van der Waals surface area contributed by atoms with Crippen LogP contribution >= 0.6 is 0 Å². The first-order valence-electron chi connectivity index (χ1n) is 9.36. The highest BCUT2D eigenvalue weighted by Gasteiger charge is 2.36. The number of carbonyl (C=O) groups is 3. The number of methoxy groups -OCH3 is 1.